The van der Waals surface area contributed by atoms with Gasteiger partial charge in [0.25, 0.3) is 0 Å². The van der Waals surface area contributed by atoms with Crippen LogP contribution in [0.5, 0.6) is 0 Å². The van der Waals surface area contributed by atoms with Crippen LogP contribution in [0.1, 0.15) is 33.1 Å². The van der Waals surface area contributed by atoms with Crippen LogP contribution in [0.2, 0.25) is 0 Å². The number of alkyl halides is 3. The molecule has 0 aromatic carbocycles. The fourth-order valence-electron chi connectivity index (χ4n) is 3.11. The summed E-state index contributed by atoms with van der Waals surface area (Å²) < 4.78 is 64.3. The first-order valence-electron chi connectivity index (χ1n) is 5.64. The van der Waals surface area contributed by atoms with Crippen molar-refractivity contribution in [3.8, 4) is 0 Å². The van der Waals surface area contributed by atoms with Crippen LogP contribution in [0, 0.1) is 11.3 Å². The summed E-state index contributed by atoms with van der Waals surface area (Å²) in [6.07, 6.45) is 1.25. The summed E-state index contributed by atoms with van der Waals surface area (Å²) in [5.74, 6) is 0.0587. The molecule has 0 aromatic heterocycles. The highest BCUT2D eigenvalue weighted by Gasteiger charge is 2.64. The Morgan fingerprint density at radius 3 is 2.33 bits per heavy atom. The second kappa shape index (κ2) is 3.50. The van der Waals surface area contributed by atoms with E-state index in [0.717, 1.165) is 5.57 Å². The van der Waals surface area contributed by atoms with E-state index in [1.54, 1.807) is 13.8 Å². The molecule has 0 N–H and O–H groups in total. The van der Waals surface area contributed by atoms with Gasteiger partial charge in [0.15, 0.2) is 0 Å². The maximum absolute atomic E-state index is 12.4. The molecular weight excluding hydrogens is 269 g/mol. The van der Waals surface area contributed by atoms with E-state index < -0.39 is 26.6 Å². The molecule has 2 rings (SSSR count). The van der Waals surface area contributed by atoms with Crippen molar-refractivity contribution in [3.05, 3.63) is 12.2 Å². The molecule has 2 atom stereocenters. The Labute approximate surface area is 104 Å². The molecular formula is C11H15F3O3S. The largest absolute Gasteiger partial charge is 0.523 e. The van der Waals surface area contributed by atoms with E-state index in [4.69, 9.17) is 0 Å². The summed E-state index contributed by atoms with van der Waals surface area (Å²) in [5, 5.41) is 0. The van der Waals surface area contributed by atoms with E-state index in [2.05, 4.69) is 10.8 Å². The molecule has 0 spiro atoms. The molecule has 0 aliphatic heterocycles. The fourth-order valence-corrected chi connectivity index (χ4v) is 3.99. The van der Waals surface area contributed by atoms with E-state index in [1.807, 2.05) is 0 Å². The second-order valence-corrected chi connectivity index (χ2v) is 7.11. The fraction of sp³-hybridized carbons (Fsp3) is 0.818. The molecule has 2 bridgehead atoms. The lowest BCUT2D eigenvalue weighted by atomic mass is 9.71. The van der Waals surface area contributed by atoms with Gasteiger partial charge in [0, 0.05) is 5.41 Å². The van der Waals surface area contributed by atoms with Gasteiger partial charge in [0.1, 0.15) is 0 Å². The van der Waals surface area contributed by atoms with Gasteiger partial charge >= 0.3 is 15.6 Å². The average Bonchev–Trinajstić information content (AvgIpc) is 2.64. The third kappa shape index (κ3) is 1.63. The Bertz CT molecular complexity index is 492. The highest BCUT2D eigenvalue weighted by atomic mass is 32.2. The summed E-state index contributed by atoms with van der Waals surface area (Å²) in [5.41, 5.74) is -6.64. The van der Waals surface area contributed by atoms with E-state index >= 15 is 0 Å². The second-order valence-electron chi connectivity index (χ2n) is 5.57. The van der Waals surface area contributed by atoms with Gasteiger partial charge in [-0.25, -0.2) is 0 Å². The number of halogens is 3. The van der Waals surface area contributed by atoms with Crippen LogP contribution in [0.3, 0.4) is 0 Å². The highest BCUT2D eigenvalue weighted by molar-refractivity contribution is 7.87. The van der Waals surface area contributed by atoms with E-state index in [0.29, 0.717) is 19.3 Å². The quantitative estimate of drug-likeness (QED) is 0.445. The first kappa shape index (κ1) is 13.9. The minimum atomic E-state index is -5.56. The lowest BCUT2D eigenvalue weighted by Crippen LogP contribution is -2.47. The summed E-state index contributed by atoms with van der Waals surface area (Å²) in [4.78, 5) is 0. The van der Waals surface area contributed by atoms with Crippen molar-refractivity contribution in [3.63, 3.8) is 0 Å². The maximum Gasteiger partial charge on any atom is 0.523 e. The smallest absolute Gasteiger partial charge is 0.256 e. The third-order valence-corrected chi connectivity index (χ3v) is 5.57. The van der Waals surface area contributed by atoms with Crippen LogP contribution < -0.4 is 0 Å². The molecule has 0 aromatic rings. The third-order valence-electron chi connectivity index (χ3n) is 4.46. The normalized spacial score (nSPS) is 35.2. The summed E-state index contributed by atoms with van der Waals surface area (Å²) in [6.45, 7) is 7.26. The molecule has 0 saturated heterocycles. The van der Waals surface area contributed by atoms with Crippen LogP contribution in [-0.2, 0) is 14.3 Å². The molecule has 3 nitrogen and oxygen atoms in total. The van der Waals surface area contributed by atoms with Crippen molar-refractivity contribution in [2.24, 2.45) is 11.3 Å². The predicted octanol–water partition coefficient (Wildman–Crippen LogP) is 2.99. The number of rotatable bonds is 2. The Balaban J connectivity index is 2.38. The standard InChI is InChI=1S/C11H15F3O3S/c1-7-8-4-5-10(6-8,9(7,2)3)17-18(15,16)11(12,13)14/h8H,1,4-6H2,2-3H3/t8-,10-/m0/s1. The minimum absolute atomic E-state index is 0.0587. The monoisotopic (exact) mass is 284 g/mol. The molecule has 2 saturated carbocycles. The zero-order valence-electron chi connectivity index (χ0n) is 10.2. The van der Waals surface area contributed by atoms with E-state index in [-0.39, 0.29) is 5.92 Å². The van der Waals surface area contributed by atoms with Crippen molar-refractivity contribution in [1.29, 1.82) is 0 Å². The number of hydrogen-bond acceptors (Lipinski definition) is 3. The van der Waals surface area contributed by atoms with E-state index in [1.165, 1.54) is 0 Å². The van der Waals surface area contributed by atoms with Crippen LogP contribution in [0.4, 0.5) is 13.2 Å². The predicted molar refractivity (Wildman–Crippen MR) is 59.1 cm³/mol. The van der Waals surface area contributed by atoms with Crippen molar-refractivity contribution < 1.29 is 25.8 Å². The Kier molecular flexibility index (Phi) is 2.70. The Morgan fingerprint density at radius 1 is 1.39 bits per heavy atom. The molecule has 2 aliphatic carbocycles. The number of fused-ring (bicyclic) bond motifs is 2. The van der Waals surface area contributed by atoms with Crippen LogP contribution >= 0.6 is 0 Å². The van der Waals surface area contributed by atoms with Gasteiger partial charge in [-0.3, -0.25) is 4.18 Å². The van der Waals surface area contributed by atoms with Gasteiger partial charge in [-0.05, 0) is 25.2 Å². The van der Waals surface area contributed by atoms with Crippen molar-refractivity contribution in [1.82, 2.24) is 0 Å². The molecule has 2 aliphatic rings. The molecule has 18 heavy (non-hydrogen) atoms. The molecule has 7 heteroatoms. The van der Waals surface area contributed by atoms with Gasteiger partial charge < -0.3 is 0 Å². The topological polar surface area (TPSA) is 43.4 Å². The zero-order valence-corrected chi connectivity index (χ0v) is 11.0. The molecule has 104 valence electrons. The molecule has 0 heterocycles. The average molecular weight is 284 g/mol. The van der Waals surface area contributed by atoms with Crippen LogP contribution in [0.15, 0.2) is 12.2 Å². The zero-order chi connectivity index (χ0) is 14.0. The van der Waals surface area contributed by atoms with Gasteiger partial charge in [-0.1, -0.05) is 26.0 Å². The highest BCUT2D eigenvalue weighted by Crippen LogP contribution is 2.63. The lowest BCUT2D eigenvalue weighted by molar-refractivity contribution is -0.0761. The maximum atomic E-state index is 12.4. The molecule has 2 fully saturated rings. The lowest BCUT2D eigenvalue weighted by Gasteiger charge is -2.41. The van der Waals surface area contributed by atoms with Crippen molar-refractivity contribution >= 4 is 10.1 Å². The van der Waals surface area contributed by atoms with Crippen molar-refractivity contribution in [2.45, 2.75) is 44.2 Å². The van der Waals surface area contributed by atoms with Crippen LogP contribution in [0.25, 0.3) is 0 Å². The Hall–Kier alpha value is -0.560. The van der Waals surface area contributed by atoms with Gasteiger partial charge in [-0.2, -0.15) is 21.6 Å². The number of hydrogen-bond donors (Lipinski definition) is 0. The van der Waals surface area contributed by atoms with Gasteiger partial charge in [0.2, 0.25) is 0 Å². The SMILES string of the molecule is C=C1[C@H]2CC[C@](OS(=O)(=O)C(F)(F)F)(C2)C1(C)C. The van der Waals surface area contributed by atoms with E-state index in [9.17, 15) is 21.6 Å². The summed E-state index contributed by atoms with van der Waals surface area (Å²) in [6, 6.07) is 0. The summed E-state index contributed by atoms with van der Waals surface area (Å²) >= 11 is 0. The minimum Gasteiger partial charge on any atom is -0.256 e. The Morgan fingerprint density at radius 2 is 1.94 bits per heavy atom. The molecule has 0 amide bonds. The van der Waals surface area contributed by atoms with Gasteiger partial charge in [0.05, 0.1) is 5.60 Å². The first-order valence-corrected chi connectivity index (χ1v) is 7.05. The van der Waals surface area contributed by atoms with Crippen LogP contribution in [-0.4, -0.2) is 19.5 Å². The van der Waals surface area contributed by atoms with Crippen molar-refractivity contribution in [2.75, 3.05) is 0 Å². The summed E-state index contributed by atoms with van der Waals surface area (Å²) in [7, 11) is -5.56. The molecule has 0 unspecified atom stereocenters. The van der Waals surface area contributed by atoms with Gasteiger partial charge in [-0.15, -0.1) is 0 Å². The molecule has 0 radical (unpaired) electrons. The first-order chi connectivity index (χ1) is 7.93.